The summed E-state index contributed by atoms with van der Waals surface area (Å²) >= 11 is 1.79. The van der Waals surface area contributed by atoms with Gasteiger partial charge in [-0.2, -0.15) is 10.6 Å². The number of amides is 1. The quantitative estimate of drug-likeness (QED) is 0.311. The number of fused-ring (bicyclic) bond motifs is 3. The van der Waals surface area contributed by atoms with E-state index in [4.69, 9.17) is 5.73 Å². The van der Waals surface area contributed by atoms with E-state index in [2.05, 4.69) is 27.4 Å². The zero-order valence-electron chi connectivity index (χ0n) is 20.0. The van der Waals surface area contributed by atoms with Crippen LogP contribution in [-0.4, -0.2) is 48.5 Å². The van der Waals surface area contributed by atoms with E-state index < -0.39 is 16.5 Å². The van der Waals surface area contributed by atoms with Gasteiger partial charge in [0, 0.05) is 33.5 Å². The first-order valence-corrected chi connectivity index (χ1v) is 15.5. The Morgan fingerprint density at radius 2 is 1.77 bits per heavy atom. The summed E-state index contributed by atoms with van der Waals surface area (Å²) in [7, 11) is -2.48. The monoisotopic (exact) mass is 513 g/mol. The van der Waals surface area contributed by atoms with E-state index in [0.717, 1.165) is 54.3 Å². The Balaban J connectivity index is 1.33. The predicted molar refractivity (Wildman–Crippen MR) is 146 cm³/mol. The van der Waals surface area contributed by atoms with Gasteiger partial charge in [0.2, 0.25) is 0 Å². The van der Waals surface area contributed by atoms with Gasteiger partial charge in [0.05, 0.1) is 11.1 Å². The molecule has 0 aliphatic carbocycles. The lowest BCUT2D eigenvalue weighted by molar-refractivity contribution is 0.100. The Morgan fingerprint density at radius 1 is 1.06 bits per heavy atom. The first-order valence-electron chi connectivity index (χ1n) is 12.9. The number of nitrogens with zero attached hydrogens (tertiary/aromatic N) is 1. The van der Waals surface area contributed by atoms with Crippen LogP contribution in [0.25, 0.3) is 22.0 Å². The number of nitrogens with one attached hydrogen (secondary N) is 1. The van der Waals surface area contributed by atoms with Crippen molar-refractivity contribution in [1.82, 2.24) is 9.88 Å². The van der Waals surface area contributed by atoms with Crippen molar-refractivity contribution in [2.75, 3.05) is 13.1 Å². The minimum atomic E-state index is -2.48. The molecule has 0 spiro atoms. The number of H-pyrrole nitrogens is 1. The molecule has 8 heteroatoms. The van der Waals surface area contributed by atoms with Crippen LogP contribution in [0.5, 0.6) is 0 Å². The van der Waals surface area contributed by atoms with E-state index in [-0.39, 0.29) is 16.4 Å². The van der Waals surface area contributed by atoms with Gasteiger partial charge < -0.3 is 10.7 Å². The third kappa shape index (κ3) is 4.33. The van der Waals surface area contributed by atoms with Gasteiger partial charge in [-0.25, -0.2) is 0 Å². The molecule has 3 aromatic rings. The first-order chi connectivity index (χ1) is 16.9. The summed E-state index contributed by atoms with van der Waals surface area (Å²) in [5.41, 5.74) is 10.5. The molecule has 1 amide bonds. The number of aromatic nitrogens is 1. The molecule has 2 aromatic heterocycles. The van der Waals surface area contributed by atoms with Crippen LogP contribution in [0.2, 0.25) is 0 Å². The fourth-order valence-corrected chi connectivity index (χ4v) is 10.1. The number of carbonyl (C=O) groups is 1. The van der Waals surface area contributed by atoms with E-state index in [1.54, 1.807) is 11.3 Å². The number of aromatic amines is 1. The Morgan fingerprint density at radius 3 is 2.46 bits per heavy atom. The van der Waals surface area contributed by atoms with Crippen molar-refractivity contribution in [1.29, 1.82) is 0 Å². The molecule has 6 nitrogen and oxygen atoms in total. The van der Waals surface area contributed by atoms with Crippen LogP contribution in [0.3, 0.4) is 0 Å². The molecule has 3 aliphatic rings. The summed E-state index contributed by atoms with van der Waals surface area (Å²) < 4.78 is 21.2. The third-order valence-corrected chi connectivity index (χ3v) is 12.2. The van der Waals surface area contributed by atoms with Crippen molar-refractivity contribution in [2.45, 2.75) is 74.3 Å². The highest BCUT2D eigenvalue weighted by atomic mass is 32.3. The highest BCUT2D eigenvalue weighted by molar-refractivity contribution is 8.25. The zero-order chi connectivity index (χ0) is 24.2. The SMILES string of the molecule is NC(=O)c1cc(-c2csc(CN3CCCCCC3)c2)cc2c(C3C[C@H]4CC[C@@H](C3)S4(O)O)c[nH]c12. The molecular weight excluding hydrogens is 478 g/mol. The average Bonchev–Trinajstić information content (AvgIpc) is 3.39. The number of rotatable bonds is 5. The second kappa shape index (κ2) is 9.23. The van der Waals surface area contributed by atoms with Gasteiger partial charge in [0.15, 0.2) is 0 Å². The van der Waals surface area contributed by atoms with Crippen molar-refractivity contribution in [3.8, 4) is 11.1 Å². The third-order valence-electron chi connectivity index (χ3n) is 8.48. The fraction of sp³-hybridized carbons (Fsp3) is 0.519. The Hall–Kier alpha value is -1.84. The maximum atomic E-state index is 12.4. The smallest absolute Gasteiger partial charge is 0.250 e. The zero-order valence-corrected chi connectivity index (χ0v) is 21.7. The van der Waals surface area contributed by atoms with E-state index in [1.807, 2.05) is 12.3 Å². The molecule has 5 N–H and O–H groups in total. The Kier molecular flexibility index (Phi) is 6.21. The lowest BCUT2D eigenvalue weighted by Gasteiger charge is -2.46. The molecule has 3 atom stereocenters. The second-order valence-electron chi connectivity index (χ2n) is 10.7. The van der Waals surface area contributed by atoms with Crippen molar-refractivity contribution in [2.24, 2.45) is 5.73 Å². The molecule has 2 bridgehead atoms. The van der Waals surface area contributed by atoms with E-state index in [1.165, 1.54) is 49.2 Å². The van der Waals surface area contributed by atoms with E-state index in [9.17, 15) is 13.9 Å². The Labute approximate surface area is 212 Å². The summed E-state index contributed by atoms with van der Waals surface area (Å²) in [6, 6.07) is 6.38. The summed E-state index contributed by atoms with van der Waals surface area (Å²) in [5, 5.41) is 3.22. The average molecular weight is 514 g/mol. The number of benzene rings is 1. The van der Waals surface area contributed by atoms with Crippen LogP contribution in [0.15, 0.2) is 29.8 Å². The van der Waals surface area contributed by atoms with Crippen molar-refractivity contribution in [3.05, 3.63) is 45.8 Å². The van der Waals surface area contributed by atoms with Gasteiger partial charge in [-0.3, -0.25) is 18.8 Å². The van der Waals surface area contributed by atoms with Gasteiger partial charge in [0.25, 0.3) is 5.91 Å². The van der Waals surface area contributed by atoms with Crippen LogP contribution in [0.4, 0.5) is 0 Å². The minimum absolute atomic E-state index is 0.00610. The van der Waals surface area contributed by atoms with Gasteiger partial charge in [0.1, 0.15) is 0 Å². The maximum absolute atomic E-state index is 12.4. The van der Waals surface area contributed by atoms with E-state index in [0.29, 0.717) is 5.56 Å². The largest absolute Gasteiger partial charge is 0.366 e. The van der Waals surface area contributed by atoms with Crippen molar-refractivity contribution < 1.29 is 13.9 Å². The van der Waals surface area contributed by atoms with E-state index >= 15 is 0 Å². The predicted octanol–water partition coefficient (Wildman–Crippen LogP) is 6.53. The fourth-order valence-electron chi connectivity index (χ4n) is 6.58. The molecule has 1 unspecified atom stereocenters. The molecule has 3 fully saturated rings. The van der Waals surface area contributed by atoms with Gasteiger partial charge in [-0.05, 0) is 97.8 Å². The number of primary amides is 1. The molecule has 6 rings (SSSR count). The molecule has 0 radical (unpaired) electrons. The molecular formula is C27H35N3O3S2. The highest BCUT2D eigenvalue weighted by Gasteiger charge is 2.47. The van der Waals surface area contributed by atoms with Crippen LogP contribution >= 0.6 is 21.9 Å². The molecule has 35 heavy (non-hydrogen) atoms. The standard InChI is InChI=1S/C27H35N3O3S2/c28-27(31)24-13-17(19-9-20(34-16-19)15-30-7-3-1-2-4-8-30)12-23-25(14-29-26(23)24)18-10-21-5-6-22(11-18)35(21,32)33/h9,12-14,16,18,21-22,29,32-33H,1-8,10-11,15H2,(H2,28,31)/t18?,21-,22+. The maximum Gasteiger partial charge on any atom is 0.250 e. The lowest BCUT2D eigenvalue weighted by Crippen LogP contribution is -2.28. The summed E-state index contributed by atoms with van der Waals surface area (Å²) in [5.74, 6) is -0.165. The van der Waals surface area contributed by atoms with Crippen molar-refractivity contribution >= 4 is 38.7 Å². The number of nitrogens with two attached hydrogens (primary N) is 1. The van der Waals surface area contributed by atoms with Crippen LogP contribution < -0.4 is 5.73 Å². The molecule has 188 valence electrons. The number of thiophene rings is 1. The Bertz CT molecular complexity index is 1230. The minimum Gasteiger partial charge on any atom is -0.366 e. The van der Waals surface area contributed by atoms with Crippen molar-refractivity contribution in [3.63, 3.8) is 0 Å². The molecule has 3 saturated heterocycles. The van der Waals surface area contributed by atoms with Gasteiger partial charge >= 0.3 is 0 Å². The van der Waals surface area contributed by atoms with Crippen LogP contribution in [-0.2, 0) is 6.54 Å². The molecule has 3 aliphatic heterocycles. The number of hydrogen-bond acceptors (Lipinski definition) is 5. The second-order valence-corrected chi connectivity index (χ2v) is 14.3. The summed E-state index contributed by atoms with van der Waals surface area (Å²) in [4.78, 5) is 19.7. The number of hydrogen-bond donors (Lipinski definition) is 4. The van der Waals surface area contributed by atoms with Gasteiger partial charge in [-0.15, -0.1) is 11.3 Å². The topological polar surface area (TPSA) is 103 Å². The summed E-state index contributed by atoms with van der Waals surface area (Å²) in [6.07, 6.45) is 10.6. The normalized spacial score (nSPS) is 27.7. The summed E-state index contributed by atoms with van der Waals surface area (Å²) in [6.45, 7) is 3.33. The first kappa shape index (κ1) is 23.6. The lowest BCUT2D eigenvalue weighted by atomic mass is 9.89. The molecule has 0 saturated carbocycles. The number of likely N-dealkylation sites (tertiary alicyclic amines) is 1. The molecule has 1 aromatic carbocycles. The van der Waals surface area contributed by atoms with Gasteiger partial charge in [-0.1, -0.05) is 12.8 Å². The van der Waals surface area contributed by atoms with Crippen LogP contribution in [0, 0.1) is 0 Å². The molecule has 5 heterocycles. The highest BCUT2D eigenvalue weighted by Crippen LogP contribution is 2.66. The number of carbonyl (C=O) groups excluding carboxylic acids is 1. The van der Waals surface area contributed by atoms with Crippen LogP contribution in [0.1, 0.15) is 78.1 Å².